The van der Waals surface area contributed by atoms with Crippen molar-refractivity contribution >= 4 is 39.1 Å². The molecule has 1 N–H and O–H groups in total. The van der Waals surface area contributed by atoms with Crippen molar-refractivity contribution in [3.8, 4) is 0 Å². The number of likely N-dealkylation sites (N-methyl/N-ethyl adjacent to an activating group) is 1. The van der Waals surface area contributed by atoms with Gasteiger partial charge in [0.2, 0.25) is 0 Å². The van der Waals surface area contributed by atoms with E-state index >= 15 is 0 Å². The highest BCUT2D eigenvalue weighted by molar-refractivity contribution is 9.10. The number of hydrogen-bond acceptors (Lipinski definition) is 1. The summed E-state index contributed by atoms with van der Waals surface area (Å²) in [5.41, 5.74) is 1.93. The third-order valence-corrected chi connectivity index (χ3v) is 4.66. The molecule has 2 aromatic rings. The molecule has 1 atom stereocenters. The van der Waals surface area contributed by atoms with E-state index in [0.29, 0.717) is 11.4 Å². The van der Waals surface area contributed by atoms with Crippen LogP contribution in [0.15, 0.2) is 40.9 Å². The summed E-state index contributed by atoms with van der Waals surface area (Å²) in [6, 6.07) is 10.7. The molecule has 20 heavy (non-hydrogen) atoms. The number of nitrogens with one attached hydrogen (secondary N) is 1. The smallest absolute Gasteiger partial charge is 0.142 e. The summed E-state index contributed by atoms with van der Waals surface area (Å²) < 4.78 is 14.3. The summed E-state index contributed by atoms with van der Waals surface area (Å²) >= 11 is 15.2. The zero-order valence-electron chi connectivity index (χ0n) is 10.8. The standard InChI is InChI=1S/C15H13BrCl2FN/c1-20-15(10-3-4-11(16)13(18)8-10)7-9-2-5-12(17)14(19)6-9/h2-6,8,15,20H,7H2,1H3. The van der Waals surface area contributed by atoms with E-state index < -0.39 is 5.82 Å². The van der Waals surface area contributed by atoms with Crippen LogP contribution < -0.4 is 5.32 Å². The van der Waals surface area contributed by atoms with Crippen LogP contribution in [0.4, 0.5) is 4.39 Å². The average molecular weight is 377 g/mol. The SMILES string of the molecule is CNC(Cc1ccc(Cl)c(F)c1)c1ccc(Br)c(Cl)c1. The first-order valence-electron chi connectivity index (χ1n) is 6.07. The number of hydrogen-bond donors (Lipinski definition) is 1. The molecule has 0 aliphatic heterocycles. The van der Waals surface area contributed by atoms with Crippen LogP contribution in [-0.2, 0) is 6.42 Å². The summed E-state index contributed by atoms with van der Waals surface area (Å²) in [7, 11) is 1.87. The van der Waals surface area contributed by atoms with Gasteiger partial charge in [0, 0.05) is 10.5 Å². The van der Waals surface area contributed by atoms with Crippen molar-refractivity contribution in [2.24, 2.45) is 0 Å². The minimum Gasteiger partial charge on any atom is -0.313 e. The Kier molecular flexibility index (Phi) is 5.44. The van der Waals surface area contributed by atoms with Crippen molar-refractivity contribution in [3.63, 3.8) is 0 Å². The number of benzene rings is 2. The van der Waals surface area contributed by atoms with Gasteiger partial charge in [0.15, 0.2) is 0 Å². The Balaban J connectivity index is 2.23. The minimum absolute atomic E-state index is 0.0566. The predicted octanol–water partition coefficient (Wildman–Crippen LogP) is 5.40. The van der Waals surface area contributed by atoms with Gasteiger partial charge in [-0.3, -0.25) is 0 Å². The van der Waals surface area contributed by atoms with E-state index in [0.717, 1.165) is 15.6 Å². The van der Waals surface area contributed by atoms with Crippen LogP contribution in [0.25, 0.3) is 0 Å². The first kappa shape index (κ1) is 15.8. The van der Waals surface area contributed by atoms with E-state index in [9.17, 15) is 4.39 Å². The quantitative estimate of drug-likeness (QED) is 0.753. The molecule has 0 aromatic heterocycles. The van der Waals surface area contributed by atoms with Gasteiger partial charge in [0.25, 0.3) is 0 Å². The van der Waals surface area contributed by atoms with Gasteiger partial charge in [-0.2, -0.15) is 0 Å². The first-order chi connectivity index (χ1) is 9.51. The molecular formula is C15H13BrCl2FN. The van der Waals surface area contributed by atoms with Crippen LogP contribution in [0.2, 0.25) is 10.0 Å². The van der Waals surface area contributed by atoms with Crippen LogP contribution in [0.3, 0.4) is 0 Å². The summed E-state index contributed by atoms with van der Waals surface area (Å²) in [5.74, 6) is -0.396. The lowest BCUT2D eigenvalue weighted by Gasteiger charge is -2.17. The van der Waals surface area contributed by atoms with Gasteiger partial charge in [-0.25, -0.2) is 4.39 Å². The van der Waals surface area contributed by atoms with Crippen molar-refractivity contribution < 1.29 is 4.39 Å². The van der Waals surface area contributed by atoms with Gasteiger partial charge in [-0.1, -0.05) is 35.3 Å². The molecule has 0 heterocycles. The zero-order chi connectivity index (χ0) is 14.7. The molecule has 0 amide bonds. The number of rotatable bonds is 4. The largest absolute Gasteiger partial charge is 0.313 e. The maximum absolute atomic E-state index is 13.5. The molecule has 2 aromatic carbocycles. The lowest BCUT2D eigenvalue weighted by Crippen LogP contribution is -2.18. The second-order valence-electron chi connectivity index (χ2n) is 4.47. The molecular weight excluding hydrogens is 364 g/mol. The fraction of sp³-hybridized carbons (Fsp3) is 0.200. The van der Waals surface area contributed by atoms with Gasteiger partial charge in [0.05, 0.1) is 10.0 Å². The number of halogens is 4. The van der Waals surface area contributed by atoms with Crippen molar-refractivity contribution in [3.05, 3.63) is 67.9 Å². The molecule has 1 unspecified atom stereocenters. The molecule has 0 saturated carbocycles. The summed E-state index contributed by atoms with van der Waals surface area (Å²) in [4.78, 5) is 0. The Morgan fingerprint density at radius 1 is 1.15 bits per heavy atom. The monoisotopic (exact) mass is 375 g/mol. The van der Waals surface area contributed by atoms with Crippen LogP contribution >= 0.6 is 39.1 Å². The Hall–Kier alpha value is -0.610. The topological polar surface area (TPSA) is 12.0 Å². The third-order valence-electron chi connectivity index (χ3n) is 3.12. The highest BCUT2D eigenvalue weighted by Gasteiger charge is 2.12. The summed E-state index contributed by atoms with van der Waals surface area (Å²) in [5, 5.41) is 4.02. The average Bonchev–Trinajstić information content (AvgIpc) is 2.43. The molecule has 106 valence electrons. The van der Waals surface area contributed by atoms with Gasteiger partial charge in [-0.15, -0.1) is 0 Å². The Labute approximate surface area is 136 Å². The predicted molar refractivity (Wildman–Crippen MR) is 86.1 cm³/mol. The summed E-state index contributed by atoms with van der Waals surface area (Å²) in [6.45, 7) is 0. The van der Waals surface area contributed by atoms with E-state index in [1.54, 1.807) is 6.07 Å². The molecule has 5 heteroatoms. The van der Waals surface area contributed by atoms with Crippen molar-refractivity contribution in [1.29, 1.82) is 0 Å². The molecule has 0 spiro atoms. The normalized spacial score (nSPS) is 12.4. The van der Waals surface area contributed by atoms with Crippen molar-refractivity contribution in [2.75, 3.05) is 7.05 Å². The van der Waals surface area contributed by atoms with Gasteiger partial charge in [-0.05, 0) is 64.8 Å². The molecule has 0 fully saturated rings. The van der Waals surface area contributed by atoms with E-state index in [-0.39, 0.29) is 11.1 Å². The first-order valence-corrected chi connectivity index (χ1v) is 7.62. The Morgan fingerprint density at radius 3 is 2.50 bits per heavy atom. The third kappa shape index (κ3) is 3.73. The zero-order valence-corrected chi connectivity index (χ0v) is 13.9. The molecule has 0 aliphatic carbocycles. The van der Waals surface area contributed by atoms with Crippen LogP contribution in [0.5, 0.6) is 0 Å². The highest BCUT2D eigenvalue weighted by atomic mass is 79.9. The Bertz CT molecular complexity index is 619. The molecule has 0 aliphatic rings. The van der Waals surface area contributed by atoms with Gasteiger partial charge < -0.3 is 5.32 Å². The van der Waals surface area contributed by atoms with Crippen LogP contribution in [0, 0.1) is 5.82 Å². The molecule has 0 saturated heterocycles. The van der Waals surface area contributed by atoms with Crippen molar-refractivity contribution in [1.82, 2.24) is 5.32 Å². The fourth-order valence-corrected chi connectivity index (χ4v) is 2.57. The molecule has 0 bridgehead atoms. The lowest BCUT2D eigenvalue weighted by molar-refractivity contribution is 0.584. The highest BCUT2D eigenvalue weighted by Crippen LogP contribution is 2.28. The second-order valence-corrected chi connectivity index (χ2v) is 6.14. The van der Waals surface area contributed by atoms with Gasteiger partial charge in [0.1, 0.15) is 5.82 Å². The minimum atomic E-state index is -0.396. The van der Waals surface area contributed by atoms with E-state index in [2.05, 4.69) is 21.2 Å². The second kappa shape index (κ2) is 6.90. The van der Waals surface area contributed by atoms with E-state index in [1.807, 2.05) is 31.3 Å². The molecule has 2 rings (SSSR count). The lowest BCUT2D eigenvalue weighted by atomic mass is 9.99. The van der Waals surface area contributed by atoms with Gasteiger partial charge >= 0.3 is 0 Å². The maximum atomic E-state index is 13.5. The molecule has 0 radical (unpaired) electrons. The fourth-order valence-electron chi connectivity index (χ4n) is 2.02. The van der Waals surface area contributed by atoms with Crippen LogP contribution in [0.1, 0.15) is 17.2 Å². The molecule has 1 nitrogen and oxygen atoms in total. The Morgan fingerprint density at radius 2 is 1.90 bits per heavy atom. The van der Waals surface area contributed by atoms with E-state index in [4.69, 9.17) is 23.2 Å². The van der Waals surface area contributed by atoms with E-state index in [1.165, 1.54) is 6.07 Å². The van der Waals surface area contributed by atoms with Crippen molar-refractivity contribution in [2.45, 2.75) is 12.5 Å². The summed E-state index contributed by atoms with van der Waals surface area (Å²) in [6.07, 6.45) is 0.655. The maximum Gasteiger partial charge on any atom is 0.142 e. The van der Waals surface area contributed by atoms with Crippen LogP contribution in [-0.4, -0.2) is 7.05 Å².